The van der Waals surface area contributed by atoms with Crippen molar-refractivity contribution in [1.82, 2.24) is 0 Å². The number of rotatable bonds is 6. The molecule has 2 aromatic rings. The predicted molar refractivity (Wildman–Crippen MR) is 92.7 cm³/mol. The molecule has 0 aromatic heterocycles. The fourth-order valence-corrected chi connectivity index (χ4v) is 3.15. The summed E-state index contributed by atoms with van der Waals surface area (Å²) in [6.45, 7) is 1.26. The first-order valence-corrected chi connectivity index (χ1v) is 9.05. The third-order valence-corrected chi connectivity index (χ3v) is 4.96. The Bertz CT molecular complexity index is 965. The topological polar surface area (TPSA) is 116 Å². The smallest absolute Gasteiger partial charge is 0.340 e. The van der Waals surface area contributed by atoms with Crippen LogP contribution in [0.15, 0.2) is 47.4 Å². The molecule has 0 radical (unpaired) electrons. The molecule has 1 amide bonds. The van der Waals surface area contributed by atoms with E-state index in [0.29, 0.717) is 0 Å². The zero-order chi connectivity index (χ0) is 19.5. The SMILES string of the molecule is C[C@@H](OC(=O)c1cc(S(=O)(=O)Nc2ccccc2F)ccc1Cl)C(N)=O. The number of nitrogens with one attached hydrogen (secondary N) is 1. The van der Waals surface area contributed by atoms with Gasteiger partial charge in [-0.3, -0.25) is 9.52 Å². The van der Waals surface area contributed by atoms with E-state index in [1.165, 1.54) is 31.2 Å². The highest BCUT2D eigenvalue weighted by molar-refractivity contribution is 7.92. The van der Waals surface area contributed by atoms with E-state index < -0.39 is 33.8 Å². The molecule has 2 rings (SSSR count). The summed E-state index contributed by atoms with van der Waals surface area (Å²) in [4.78, 5) is 22.7. The standard InChI is InChI=1S/C16H14ClFN2O5S/c1-9(15(19)21)25-16(22)11-8-10(6-7-12(11)17)26(23,24)20-14-5-3-2-4-13(14)18/h2-9,20H,1H3,(H2,19,21)/t9-/m1/s1. The highest BCUT2D eigenvalue weighted by Crippen LogP contribution is 2.24. The number of hydrogen-bond donors (Lipinski definition) is 2. The van der Waals surface area contributed by atoms with Crippen LogP contribution >= 0.6 is 11.6 Å². The fraction of sp³-hybridized carbons (Fsp3) is 0.125. The molecule has 0 spiro atoms. The number of esters is 1. The predicted octanol–water partition coefficient (Wildman–Crippen LogP) is 2.31. The van der Waals surface area contributed by atoms with E-state index in [0.717, 1.165) is 18.2 Å². The van der Waals surface area contributed by atoms with Gasteiger partial charge in [0, 0.05) is 0 Å². The van der Waals surface area contributed by atoms with Crippen LogP contribution in [0.5, 0.6) is 0 Å². The molecule has 0 bridgehead atoms. The van der Waals surface area contributed by atoms with E-state index in [1.54, 1.807) is 0 Å². The van der Waals surface area contributed by atoms with Crippen molar-refractivity contribution < 1.29 is 27.1 Å². The van der Waals surface area contributed by atoms with Gasteiger partial charge in [0.25, 0.3) is 15.9 Å². The van der Waals surface area contributed by atoms with Crippen LogP contribution in [-0.4, -0.2) is 26.4 Å². The summed E-state index contributed by atoms with van der Waals surface area (Å²) in [6.07, 6.45) is -1.23. The third-order valence-electron chi connectivity index (χ3n) is 3.27. The average molecular weight is 401 g/mol. The van der Waals surface area contributed by atoms with Gasteiger partial charge in [0.15, 0.2) is 6.10 Å². The lowest BCUT2D eigenvalue weighted by molar-refractivity contribution is -0.125. The summed E-state index contributed by atoms with van der Waals surface area (Å²) in [6, 6.07) is 8.46. The van der Waals surface area contributed by atoms with Crippen molar-refractivity contribution in [2.24, 2.45) is 5.73 Å². The molecule has 138 valence electrons. The first-order chi connectivity index (χ1) is 12.1. The summed E-state index contributed by atoms with van der Waals surface area (Å²) >= 11 is 5.90. The molecule has 0 aliphatic carbocycles. The molecule has 1 atom stereocenters. The van der Waals surface area contributed by atoms with Crippen molar-refractivity contribution in [3.63, 3.8) is 0 Å². The molecule has 26 heavy (non-hydrogen) atoms. The number of benzene rings is 2. The zero-order valence-corrected chi connectivity index (χ0v) is 15.0. The number of nitrogens with two attached hydrogens (primary N) is 1. The summed E-state index contributed by atoms with van der Waals surface area (Å²) in [5.41, 5.74) is 4.47. The molecule has 0 unspecified atom stereocenters. The summed E-state index contributed by atoms with van der Waals surface area (Å²) in [5.74, 6) is -2.66. The Hall–Kier alpha value is -2.65. The minimum atomic E-state index is -4.20. The van der Waals surface area contributed by atoms with Gasteiger partial charge in [-0.2, -0.15) is 0 Å². The summed E-state index contributed by atoms with van der Waals surface area (Å²) in [7, 11) is -4.20. The Balaban J connectivity index is 2.34. The van der Waals surface area contributed by atoms with Crippen molar-refractivity contribution in [3.05, 3.63) is 58.9 Å². The molecular weight excluding hydrogens is 387 g/mol. The Morgan fingerprint density at radius 1 is 1.23 bits per heavy atom. The van der Waals surface area contributed by atoms with Crippen LogP contribution in [0, 0.1) is 5.82 Å². The van der Waals surface area contributed by atoms with Crippen LogP contribution in [0.25, 0.3) is 0 Å². The maximum absolute atomic E-state index is 13.7. The number of sulfonamides is 1. The third kappa shape index (κ3) is 4.50. The second-order valence-corrected chi connectivity index (χ2v) is 7.27. The maximum Gasteiger partial charge on any atom is 0.340 e. The van der Waals surface area contributed by atoms with Crippen LogP contribution in [0.3, 0.4) is 0 Å². The number of hydrogen-bond acceptors (Lipinski definition) is 5. The quantitative estimate of drug-likeness (QED) is 0.722. The van der Waals surface area contributed by atoms with Crippen LogP contribution in [0.1, 0.15) is 17.3 Å². The molecule has 0 aliphatic heterocycles. The number of carbonyl (C=O) groups excluding carboxylic acids is 2. The molecule has 2 aromatic carbocycles. The van der Waals surface area contributed by atoms with Crippen molar-refractivity contribution in [2.75, 3.05) is 4.72 Å². The average Bonchev–Trinajstić information content (AvgIpc) is 2.56. The molecule has 0 aliphatic rings. The Morgan fingerprint density at radius 3 is 2.50 bits per heavy atom. The number of amides is 1. The van der Waals surface area contributed by atoms with Gasteiger partial charge in [-0.15, -0.1) is 0 Å². The molecule has 0 saturated carbocycles. The van der Waals surface area contributed by atoms with Crippen LogP contribution < -0.4 is 10.5 Å². The van der Waals surface area contributed by atoms with Gasteiger partial charge in [-0.05, 0) is 37.3 Å². The molecule has 10 heteroatoms. The van der Waals surface area contributed by atoms with Gasteiger partial charge in [0.05, 0.1) is 21.2 Å². The number of carbonyl (C=O) groups is 2. The zero-order valence-electron chi connectivity index (χ0n) is 13.4. The molecule has 3 N–H and O–H groups in total. The minimum absolute atomic E-state index is 0.0866. The van der Waals surface area contributed by atoms with Gasteiger partial charge in [-0.25, -0.2) is 17.6 Å². The van der Waals surface area contributed by atoms with Gasteiger partial charge in [-0.1, -0.05) is 23.7 Å². The van der Waals surface area contributed by atoms with Crippen molar-refractivity contribution in [2.45, 2.75) is 17.9 Å². The lowest BCUT2D eigenvalue weighted by Gasteiger charge is -2.13. The van der Waals surface area contributed by atoms with E-state index in [2.05, 4.69) is 4.72 Å². The van der Waals surface area contributed by atoms with Crippen molar-refractivity contribution in [1.29, 1.82) is 0 Å². The van der Waals surface area contributed by atoms with E-state index in [4.69, 9.17) is 22.1 Å². The van der Waals surface area contributed by atoms with Crippen LogP contribution in [0.4, 0.5) is 10.1 Å². The Kier molecular flexibility index (Phi) is 5.83. The molecular formula is C16H14ClFN2O5S. The molecule has 0 heterocycles. The van der Waals surface area contributed by atoms with Crippen LogP contribution in [-0.2, 0) is 19.6 Å². The second-order valence-electron chi connectivity index (χ2n) is 5.18. The Morgan fingerprint density at radius 2 is 1.88 bits per heavy atom. The van der Waals surface area contributed by atoms with Crippen molar-refractivity contribution in [3.8, 4) is 0 Å². The molecule has 7 nitrogen and oxygen atoms in total. The molecule has 0 saturated heterocycles. The van der Waals surface area contributed by atoms with Crippen molar-refractivity contribution >= 4 is 39.2 Å². The number of halogens is 2. The van der Waals surface area contributed by atoms with Gasteiger partial charge in [0.2, 0.25) is 0 Å². The monoisotopic (exact) mass is 400 g/mol. The number of primary amides is 1. The summed E-state index contributed by atoms with van der Waals surface area (Å²) in [5, 5.41) is -0.0866. The first kappa shape index (κ1) is 19.7. The number of anilines is 1. The second kappa shape index (κ2) is 7.71. The highest BCUT2D eigenvalue weighted by atomic mass is 35.5. The van der Waals surface area contributed by atoms with Gasteiger partial charge in [0.1, 0.15) is 5.82 Å². The Labute approximate surface area is 154 Å². The van der Waals surface area contributed by atoms with E-state index >= 15 is 0 Å². The minimum Gasteiger partial charge on any atom is -0.449 e. The summed E-state index contributed by atoms with van der Waals surface area (Å²) < 4.78 is 45.4. The first-order valence-electron chi connectivity index (χ1n) is 7.19. The fourth-order valence-electron chi connectivity index (χ4n) is 1.86. The lowest BCUT2D eigenvalue weighted by Crippen LogP contribution is -2.30. The highest BCUT2D eigenvalue weighted by Gasteiger charge is 2.23. The molecule has 0 fully saturated rings. The maximum atomic E-state index is 13.7. The number of ether oxygens (including phenoxy) is 1. The van der Waals surface area contributed by atoms with Crippen LogP contribution in [0.2, 0.25) is 5.02 Å². The number of para-hydroxylation sites is 1. The van der Waals surface area contributed by atoms with E-state index in [-0.39, 0.29) is 21.2 Å². The largest absolute Gasteiger partial charge is 0.449 e. The van der Waals surface area contributed by atoms with E-state index in [9.17, 15) is 22.4 Å². The van der Waals surface area contributed by atoms with Gasteiger partial charge < -0.3 is 10.5 Å². The normalized spacial score (nSPS) is 12.3. The van der Waals surface area contributed by atoms with E-state index in [1.807, 2.05) is 0 Å². The lowest BCUT2D eigenvalue weighted by atomic mass is 10.2. The van der Waals surface area contributed by atoms with Gasteiger partial charge >= 0.3 is 5.97 Å².